The molecule has 166 valence electrons. The van der Waals surface area contributed by atoms with E-state index in [4.69, 9.17) is 18.9 Å². The van der Waals surface area contributed by atoms with Crippen LogP contribution in [0.25, 0.3) is 0 Å². The number of benzene rings is 1. The smallest absolute Gasteiger partial charge is 0.352 e. The van der Waals surface area contributed by atoms with Crippen molar-refractivity contribution in [3.63, 3.8) is 0 Å². The van der Waals surface area contributed by atoms with Gasteiger partial charge in [-0.25, -0.2) is 4.79 Å². The van der Waals surface area contributed by atoms with E-state index in [2.05, 4.69) is 4.90 Å². The SMILES string of the molecule is COc1ccc2c3c1O[C@@H]1C(OC(=O)[C@H](C)OC(C)=O)=CC[C@]4(O)[C@H](C2)N(C)CC[C@@]314. The van der Waals surface area contributed by atoms with E-state index in [0.717, 1.165) is 17.7 Å². The van der Waals surface area contributed by atoms with Crippen molar-refractivity contribution in [2.75, 3.05) is 20.7 Å². The summed E-state index contributed by atoms with van der Waals surface area (Å²) in [6, 6.07) is 3.86. The van der Waals surface area contributed by atoms with E-state index in [1.54, 1.807) is 13.2 Å². The van der Waals surface area contributed by atoms with Crippen LogP contribution < -0.4 is 9.47 Å². The molecular weight excluding hydrogens is 402 g/mol. The van der Waals surface area contributed by atoms with Crippen LogP contribution in [0.2, 0.25) is 0 Å². The second-order valence-corrected chi connectivity index (χ2v) is 8.96. The normalized spacial score (nSPS) is 33.5. The van der Waals surface area contributed by atoms with E-state index in [1.165, 1.54) is 13.8 Å². The first-order chi connectivity index (χ1) is 14.7. The summed E-state index contributed by atoms with van der Waals surface area (Å²) in [5.74, 6) is 0.335. The second-order valence-electron chi connectivity index (χ2n) is 8.96. The van der Waals surface area contributed by atoms with Gasteiger partial charge in [0.05, 0.1) is 18.1 Å². The van der Waals surface area contributed by atoms with Crippen LogP contribution in [-0.4, -0.2) is 66.5 Å². The first-order valence-corrected chi connectivity index (χ1v) is 10.6. The highest BCUT2D eigenvalue weighted by atomic mass is 16.6. The Balaban J connectivity index is 1.61. The first-order valence-electron chi connectivity index (χ1n) is 10.6. The Morgan fingerprint density at radius 1 is 1.35 bits per heavy atom. The minimum atomic E-state index is -1.06. The molecule has 2 aliphatic carbocycles. The van der Waals surface area contributed by atoms with Crippen LogP contribution in [0.1, 0.15) is 37.8 Å². The fourth-order valence-electron chi connectivity index (χ4n) is 6.08. The molecule has 2 aliphatic heterocycles. The van der Waals surface area contributed by atoms with Crippen molar-refractivity contribution < 1.29 is 33.6 Å². The van der Waals surface area contributed by atoms with Gasteiger partial charge in [0.15, 0.2) is 23.7 Å². The Labute approximate surface area is 180 Å². The number of methoxy groups -OCH3 is 1. The highest BCUT2D eigenvalue weighted by molar-refractivity contribution is 5.79. The van der Waals surface area contributed by atoms with Gasteiger partial charge in [-0.1, -0.05) is 6.07 Å². The van der Waals surface area contributed by atoms with E-state index in [0.29, 0.717) is 36.5 Å². The van der Waals surface area contributed by atoms with Gasteiger partial charge in [0.2, 0.25) is 0 Å². The van der Waals surface area contributed by atoms with Gasteiger partial charge in [0.1, 0.15) is 5.76 Å². The maximum absolute atomic E-state index is 12.6. The van der Waals surface area contributed by atoms with Crippen molar-refractivity contribution >= 4 is 11.9 Å². The summed E-state index contributed by atoms with van der Waals surface area (Å²) < 4.78 is 22.6. The molecule has 0 aromatic heterocycles. The van der Waals surface area contributed by atoms with Crippen LogP contribution in [0.15, 0.2) is 24.0 Å². The fraction of sp³-hybridized carbons (Fsp3) is 0.565. The van der Waals surface area contributed by atoms with E-state index in [9.17, 15) is 14.7 Å². The van der Waals surface area contributed by atoms with Gasteiger partial charge in [-0.2, -0.15) is 0 Å². The van der Waals surface area contributed by atoms with Gasteiger partial charge in [-0.15, -0.1) is 0 Å². The molecule has 0 saturated carbocycles. The van der Waals surface area contributed by atoms with E-state index < -0.39 is 35.2 Å². The van der Waals surface area contributed by atoms with Crippen molar-refractivity contribution in [1.29, 1.82) is 0 Å². The van der Waals surface area contributed by atoms with Gasteiger partial charge in [0.25, 0.3) is 0 Å². The average Bonchev–Trinajstić information content (AvgIpc) is 3.07. The molecule has 0 unspecified atom stereocenters. The van der Waals surface area contributed by atoms with Crippen molar-refractivity contribution in [3.8, 4) is 11.5 Å². The van der Waals surface area contributed by atoms with E-state index in [-0.39, 0.29) is 6.04 Å². The summed E-state index contributed by atoms with van der Waals surface area (Å²) in [5.41, 5.74) is 0.294. The quantitative estimate of drug-likeness (QED) is 0.719. The minimum absolute atomic E-state index is 0.0762. The lowest BCUT2D eigenvalue weighted by Gasteiger charge is -2.61. The van der Waals surface area contributed by atoms with Crippen molar-refractivity contribution in [2.45, 2.75) is 62.4 Å². The number of esters is 2. The van der Waals surface area contributed by atoms with E-state index in [1.807, 2.05) is 19.2 Å². The minimum Gasteiger partial charge on any atom is -0.493 e. The summed E-state index contributed by atoms with van der Waals surface area (Å²) in [6.45, 7) is 3.50. The third-order valence-corrected chi connectivity index (χ3v) is 7.45. The van der Waals surface area contributed by atoms with Crippen LogP contribution in [-0.2, 0) is 30.9 Å². The lowest BCUT2D eigenvalue weighted by atomic mass is 9.50. The summed E-state index contributed by atoms with van der Waals surface area (Å²) in [4.78, 5) is 26.0. The van der Waals surface area contributed by atoms with Gasteiger partial charge < -0.3 is 29.0 Å². The molecule has 0 radical (unpaired) electrons. The Hall–Kier alpha value is -2.58. The molecule has 1 aromatic carbocycles. The Morgan fingerprint density at radius 3 is 2.84 bits per heavy atom. The Kier molecular flexibility index (Phi) is 4.40. The highest BCUT2D eigenvalue weighted by Crippen LogP contribution is 2.65. The van der Waals surface area contributed by atoms with Crippen LogP contribution in [0.5, 0.6) is 11.5 Å². The molecule has 2 heterocycles. The highest BCUT2D eigenvalue weighted by Gasteiger charge is 2.72. The molecule has 1 aromatic rings. The van der Waals surface area contributed by atoms with Gasteiger partial charge >= 0.3 is 11.9 Å². The third kappa shape index (κ3) is 2.55. The second kappa shape index (κ2) is 6.71. The number of likely N-dealkylation sites (N-methyl/N-ethyl adjacent to an activating group) is 1. The maximum Gasteiger partial charge on any atom is 0.352 e. The molecule has 5 atom stereocenters. The molecule has 2 bridgehead atoms. The molecule has 4 aliphatic rings. The maximum atomic E-state index is 12.6. The molecule has 31 heavy (non-hydrogen) atoms. The lowest BCUT2D eigenvalue weighted by molar-refractivity contribution is -0.175. The molecule has 1 N–H and O–H groups in total. The predicted octanol–water partition coefficient (Wildman–Crippen LogP) is 1.47. The van der Waals surface area contributed by atoms with Crippen LogP contribution in [0.3, 0.4) is 0 Å². The number of ether oxygens (including phenoxy) is 4. The van der Waals surface area contributed by atoms with Crippen LogP contribution in [0, 0.1) is 0 Å². The molecule has 5 rings (SSSR count). The average molecular weight is 429 g/mol. The number of piperidine rings is 1. The van der Waals surface area contributed by atoms with Gasteiger partial charge in [0, 0.05) is 24.9 Å². The van der Waals surface area contributed by atoms with Crippen molar-refractivity contribution in [1.82, 2.24) is 4.90 Å². The fourth-order valence-corrected chi connectivity index (χ4v) is 6.08. The number of carbonyl (C=O) groups is 2. The number of aliphatic hydroxyl groups is 1. The molecule has 1 spiro atoms. The zero-order chi connectivity index (χ0) is 22.1. The summed E-state index contributed by atoms with van der Waals surface area (Å²) in [7, 11) is 3.63. The lowest BCUT2D eigenvalue weighted by Crippen LogP contribution is -2.74. The monoisotopic (exact) mass is 429 g/mol. The zero-order valence-corrected chi connectivity index (χ0v) is 18.1. The molecule has 8 nitrogen and oxygen atoms in total. The summed E-state index contributed by atoms with van der Waals surface area (Å²) >= 11 is 0. The predicted molar refractivity (Wildman–Crippen MR) is 109 cm³/mol. The number of likely N-dealkylation sites (tertiary alicyclic amines) is 1. The Bertz CT molecular complexity index is 1000. The third-order valence-electron chi connectivity index (χ3n) is 7.45. The summed E-state index contributed by atoms with van der Waals surface area (Å²) in [6.07, 6.45) is 1.74. The van der Waals surface area contributed by atoms with Crippen LogP contribution >= 0.6 is 0 Å². The van der Waals surface area contributed by atoms with Crippen molar-refractivity contribution in [2.24, 2.45) is 0 Å². The number of hydrogen-bond acceptors (Lipinski definition) is 8. The molecule has 0 amide bonds. The molecule has 8 heteroatoms. The molecular formula is C23H27NO7. The van der Waals surface area contributed by atoms with E-state index >= 15 is 0 Å². The number of carbonyl (C=O) groups excluding carboxylic acids is 2. The first kappa shape index (κ1) is 20.3. The molecule has 1 fully saturated rings. The standard InChI is InChI=1S/C23H27NO7/c1-12(29-13(2)25)21(26)30-16-7-8-23(27)17-11-14-5-6-15(28-4)19-18(14)22(23,20(16)31-19)9-10-24(17)3/h5-7,12,17,20,27H,8-11H2,1-4H3/t12-,17-,20+,22+,23-/m0/s1. The summed E-state index contributed by atoms with van der Waals surface area (Å²) in [5, 5.41) is 12.1. The molecule has 1 saturated heterocycles. The number of rotatable bonds is 4. The largest absolute Gasteiger partial charge is 0.493 e. The number of nitrogens with zero attached hydrogens (tertiary/aromatic N) is 1. The zero-order valence-electron chi connectivity index (χ0n) is 18.1. The van der Waals surface area contributed by atoms with Crippen molar-refractivity contribution in [3.05, 3.63) is 35.1 Å². The van der Waals surface area contributed by atoms with Crippen LogP contribution in [0.4, 0.5) is 0 Å². The number of hydrogen-bond donors (Lipinski definition) is 1. The topological polar surface area (TPSA) is 94.5 Å². The Morgan fingerprint density at radius 2 is 2.13 bits per heavy atom. The van der Waals surface area contributed by atoms with Gasteiger partial charge in [-0.3, -0.25) is 4.79 Å². The van der Waals surface area contributed by atoms with Gasteiger partial charge in [-0.05, 0) is 51.1 Å².